The first kappa shape index (κ1) is 26.6. The molecule has 0 aliphatic heterocycles. The van der Waals surface area contributed by atoms with Gasteiger partial charge < -0.3 is 10.3 Å². The Hall–Kier alpha value is -4.61. The van der Waals surface area contributed by atoms with Crippen molar-refractivity contribution >= 4 is 16.9 Å². The molecule has 0 radical (unpaired) electrons. The second kappa shape index (κ2) is 10.4. The Morgan fingerprint density at radius 2 is 1.85 bits per heavy atom. The molecule has 1 unspecified atom stereocenters. The monoisotopic (exact) mass is 566 g/mol. The number of halogens is 5. The molecular formula is C29H23F5N6O. The van der Waals surface area contributed by atoms with Gasteiger partial charge in [-0.25, -0.2) is 13.8 Å². The lowest BCUT2D eigenvalue weighted by Gasteiger charge is -2.22. The van der Waals surface area contributed by atoms with Crippen LogP contribution in [0, 0.1) is 11.6 Å². The Morgan fingerprint density at radius 3 is 2.59 bits per heavy atom. The van der Waals surface area contributed by atoms with Crippen LogP contribution in [0.2, 0.25) is 0 Å². The molecule has 7 nitrogen and oxygen atoms in total. The Bertz CT molecular complexity index is 1720. The van der Waals surface area contributed by atoms with Gasteiger partial charge in [0, 0.05) is 52.8 Å². The number of fused-ring (bicyclic) bond motifs is 1. The van der Waals surface area contributed by atoms with Crippen LogP contribution >= 0.6 is 0 Å². The highest BCUT2D eigenvalue weighted by Gasteiger charge is 2.38. The second-order valence-corrected chi connectivity index (χ2v) is 10.1. The number of alkyl halides is 3. The number of hydrogen-bond donors (Lipinski definition) is 2. The van der Waals surface area contributed by atoms with E-state index >= 15 is 0 Å². The highest BCUT2D eigenvalue weighted by molar-refractivity contribution is 5.82. The van der Waals surface area contributed by atoms with Gasteiger partial charge in [0.15, 0.2) is 5.69 Å². The third-order valence-electron chi connectivity index (χ3n) is 6.97. The molecule has 4 heterocycles. The molecule has 0 spiro atoms. The van der Waals surface area contributed by atoms with E-state index < -0.39 is 42.0 Å². The molecule has 1 atom stereocenters. The molecule has 1 saturated carbocycles. The standard InChI is InChI=1S/C29H23F5N6O/c30-20-8-16(9-21(31)12-20)10-23(27-22(2-1-6-35-27)19-11-18-5-7-36-28(18)37-14-19)38-26(41)15-40-24(17-3-4-17)13-25(39-40)29(32,33)34/h1-2,5-9,11-14,17,23H,3-4,10,15H2,(H,36,37)(H,38,41). The molecule has 12 heteroatoms. The van der Waals surface area contributed by atoms with Gasteiger partial charge in [0.1, 0.15) is 23.8 Å². The van der Waals surface area contributed by atoms with E-state index in [0.717, 1.165) is 47.2 Å². The summed E-state index contributed by atoms with van der Waals surface area (Å²) in [4.78, 5) is 25.3. The van der Waals surface area contributed by atoms with Gasteiger partial charge >= 0.3 is 6.18 Å². The van der Waals surface area contributed by atoms with E-state index in [2.05, 4.69) is 25.4 Å². The second-order valence-electron chi connectivity index (χ2n) is 10.1. The zero-order chi connectivity index (χ0) is 28.7. The normalized spacial score (nSPS) is 14.4. The van der Waals surface area contributed by atoms with Gasteiger partial charge in [0.05, 0.1) is 11.7 Å². The topological polar surface area (TPSA) is 88.5 Å². The van der Waals surface area contributed by atoms with Crippen LogP contribution in [0.4, 0.5) is 22.0 Å². The largest absolute Gasteiger partial charge is 0.435 e. The van der Waals surface area contributed by atoms with Gasteiger partial charge in [-0.2, -0.15) is 18.3 Å². The lowest BCUT2D eigenvalue weighted by molar-refractivity contribution is -0.141. The first-order valence-electron chi connectivity index (χ1n) is 12.9. The lowest BCUT2D eigenvalue weighted by Crippen LogP contribution is -2.34. The van der Waals surface area contributed by atoms with Crippen molar-refractivity contribution in [1.82, 2.24) is 30.0 Å². The smallest absolute Gasteiger partial charge is 0.346 e. The van der Waals surface area contributed by atoms with E-state index in [9.17, 15) is 26.7 Å². The summed E-state index contributed by atoms with van der Waals surface area (Å²) < 4.78 is 69.3. The molecule has 4 aromatic heterocycles. The minimum Gasteiger partial charge on any atom is -0.346 e. The van der Waals surface area contributed by atoms with Crippen LogP contribution < -0.4 is 5.32 Å². The van der Waals surface area contributed by atoms with Crippen LogP contribution in [-0.4, -0.2) is 30.6 Å². The number of aromatic amines is 1. The number of nitrogens with zero attached hydrogens (tertiary/aromatic N) is 4. The fourth-order valence-electron chi connectivity index (χ4n) is 4.99. The summed E-state index contributed by atoms with van der Waals surface area (Å²) in [5, 5.41) is 7.34. The summed E-state index contributed by atoms with van der Waals surface area (Å²) in [5.41, 5.74) is 1.97. The van der Waals surface area contributed by atoms with E-state index in [1.54, 1.807) is 24.5 Å². The molecule has 1 aromatic carbocycles. The molecular weight excluding hydrogens is 543 g/mol. The number of pyridine rings is 2. The molecule has 210 valence electrons. The van der Waals surface area contributed by atoms with Crippen molar-refractivity contribution in [3.63, 3.8) is 0 Å². The molecule has 1 amide bonds. The number of benzene rings is 1. The minimum absolute atomic E-state index is 0.0351. The van der Waals surface area contributed by atoms with Crippen molar-refractivity contribution in [2.45, 2.75) is 43.9 Å². The van der Waals surface area contributed by atoms with Gasteiger partial charge in [-0.05, 0) is 61.2 Å². The fraction of sp³-hybridized carbons (Fsp3) is 0.241. The van der Waals surface area contributed by atoms with Gasteiger partial charge in [-0.1, -0.05) is 6.07 Å². The first-order chi connectivity index (χ1) is 19.6. The van der Waals surface area contributed by atoms with Crippen LogP contribution in [0.3, 0.4) is 0 Å². The van der Waals surface area contributed by atoms with E-state index in [1.165, 1.54) is 6.20 Å². The number of hydrogen-bond acceptors (Lipinski definition) is 4. The predicted octanol–water partition coefficient (Wildman–Crippen LogP) is 6.10. The quantitative estimate of drug-likeness (QED) is 0.222. The van der Waals surface area contributed by atoms with Gasteiger partial charge in [0.2, 0.25) is 5.91 Å². The summed E-state index contributed by atoms with van der Waals surface area (Å²) in [7, 11) is 0. The predicted molar refractivity (Wildman–Crippen MR) is 139 cm³/mol. The molecule has 6 rings (SSSR count). The van der Waals surface area contributed by atoms with Gasteiger partial charge in [-0.15, -0.1) is 0 Å². The van der Waals surface area contributed by atoms with Crippen LogP contribution in [-0.2, 0) is 23.9 Å². The average molecular weight is 567 g/mol. The zero-order valence-electron chi connectivity index (χ0n) is 21.4. The molecule has 1 aliphatic carbocycles. The average Bonchev–Trinajstić information content (AvgIpc) is 3.48. The van der Waals surface area contributed by atoms with Crippen molar-refractivity contribution in [3.8, 4) is 11.1 Å². The number of H-pyrrole nitrogens is 1. The Balaban J connectivity index is 1.35. The van der Waals surface area contributed by atoms with Gasteiger partial charge in [-0.3, -0.25) is 14.5 Å². The third kappa shape index (κ3) is 5.81. The van der Waals surface area contributed by atoms with Crippen molar-refractivity contribution < 1.29 is 26.7 Å². The minimum atomic E-state index is -4.65. The van der Waals surface area contributed by atoms with Crippen LogP contribution in [0.15, 0.2) is 67.1 Å². The number of amides is 1. The van der Waals surface area contributed by atoms with E-state index in [0.29, 0.717) is 28.2 Å². The summed E-state index contributed by atoms with van der Waals surface area (Å²) in [5.74, 6) is -2.27. The summed E-state index contributed by atoms with van der Waals surface area (Å²) in [6.45, 7) is -0.463. The number of aromatic nitrogens is 5. The molecule has 41 heavy (non-hydrogen) atoms. The van der Waals surface area contributed by atoms with Crippen molar-refractivity contribution in [2.24, 2.45) is 0 Å². The molecule has 5 aromatic rings. The van der Waals surface area contributed by atoms with Crippen molar-refractivity contribution in [2.75, 3.05) is 0 Å². The maximum absolute atomic E-state index is 14.1. The lowest BCUT2D eigenvalue weighted by atomic mass is 9.95. The maximum atomic E-state index is 14.1. The SMILES string of the molecule is O=C(Cn1nc(C(F)(F)F)cc1C1CC1)NC(Cc1cc(F)cc(F)c1)c1ncccc1-c1cnc2[nH]ccc2c1. The summed E-state index contributed by atoms with van der Waals surface area (Å²) >= 11 is 0. The molecule has 2 N–H and O–H groups in total. The summed E-state index contributed by atoms with van der Waals surface area (Å²) in [6, 6.07) is 10.4. The number of nitrogens with one attached hydrogen (secondary N) is 2. The Labute approximate surface area is 230 Å². The molecule has 0 saturated heterocycles. The Kier molecular flexibility index (Phi) is 6.76. The van der Waals surface area contributed by atoms with Crippen LogP contribution in [0.25, 0.3) is 22.2 Å². The van der Waals surface area contributed by atoms with Crippen LogP contribution in [0.5, 0.6) is 0 Å². The molecule has 0 bridgehead atoms. The van der Waals surface area contributed by atoms with E-state index in [4.69, 9.17) is 0 Å². The Morgan fingerprint density at radius 1 is 1.07 bits per heavy atom. The summed E-state index contributed by atoms with van der Waals surface area (Å²) in [6.07, 6.45) is 1.68. The van der Waals surface area contributed by atoms with E-state index in [1.807, 2.05) is 12.1 Å². The maximum Gasteiger partial charge on any atom is 0.435 e. The fourth-order valence-corrected chi connectivity index (χ4v) is 4.99. The third-order valence-corrected chi connectivity index (χ3v) is 6.97. The number of rotatable bonds is 8. The molecule has 1 aliphatic rings. The number of carbonyl (C=O) groups is 1. The van der Waals surface area contributed by atoms with Crippen LogP contribution in [0.1, 0.15) is 47.4 Å². The zero-order valence-corrected chi connectivity index (χ0v) is 21.4. The first-order valence-corrected chi connectivity index (χ1v) is 12.9. The van der Waals surface area contributed by atoms with Gasteiger partial charge in [0.25, 0.3) is 0 Å². The highest BCUT2D eigenvalue weighted by Crippen LogP contribution is 2.42. The molecule has 1 fully saturated rings. The highest BCUT2D eigenvalue weighted by atomic mass is 19.4. The van der Waals surface area contributed by atoms with Crippen molar-refractivity contribution in [3.05, 3.63) is 101 Å². The van der Waals surface area contributed by atoms with Crippen molar-refractivity contribution in [1.29, 1.82) is 0 Å². The number of carbonyl (C=O) groups excluding carboxylic acids is 1. The van der Waals surface area contributed by atoms with E-state index in [-0.39, 0.29) is 17.9 Å².